The topological polar surface area (TPSA) is 76.4 Å². The van der Waals surface area contributed by atoms with Crippen LogP contribution in [0.2, 0.25) is 0 Å². The van der Waals surface area contributed by atoms with Gasteiger partial charge in [-0.25, -0.2) is 4.98 Å². The number of hydrogen-bond acceptors (Lipinski definition) is 4. The second kappa shape index (κ2) is 4.23. The average Bonchev–Trinajstić information content (AvgIpc) is 2.85. The maximum atomic E-state index is 11.7. The largest absolute Gasteiger partial charge is 0.386 e. The van der Waals surface area contributed by atoms with E-state index >= 15 is 0 Å². The number of aliphatic hydroxyl groups is 1. The number of nitrogens with zero attached hydrogens (tertiary/aromatic N) is 2. The van der Waals surface area contributed by atoms with Crippen LogP contribution in [0.1, 0.15) is 16.9 Å². The molecule has 2 N–H and O–H groups in total. The van der Waals surface area contributed by atoms with Gasteiger partial charge in [-0.2, -0.15) is 0 Å². The molecule has 2 heterocycles. The van der Waals surface area contributed by atoms with Gasteiger partial charge in [0.1, 0.15) is 11.3 Å². The van der Waals surface area contributed by atoms with Crippen LogP contribution < -0.4 is 5.32 Å². The van der Waals surface area contributed by atoms with E-state index in [-0.39, 0.29) is 19.1 Å². The predicted octanol–water partition coefficient (Wildman–Crippen LogP) is -0.699. The summed E-state index contributed by atoms with van der Waals surface area (Å²) >= 11 is 0. The van der Waals surface area contributed by atoms with Crippen molar-refractivity contribution in [2.75, 3.05) is 19.8 Å². The van der Waals surface area contributed by atoms with Gasteiger partial charge in [-0.3, -0.25) is 4.79 Å². The molecule has 16 heavy (non-hydrogen) atoms. The molecule has 1 atom stereocenters. The monoisotopic (exact) mass is 225 g/mol. The molecule has 1 aromatic heterocycles. The fourth-order valence-corrected chi connectivity index (χ4v) is 1.65. The zero-order valence-corrected chi connectivity index (χ0v) is 9.14. The van der Waals surface area contributed by atoms with E-state index in [0.29, 0.717) is 18.7 Å². The minimum Gasteiger partial charge on any atom is -0.386 e. The molecular formula is C10H15N3O3. The molecule has 1 fully saturated rings. The van der Waals surface area contributed by atoms with E-state index in [1.54, 1.807) is 17.9 Å². The van der Waals surface area contributed by atoms with E-state index in [1.165, 1.54) is 6.20 Å². The summed E-state index contributed by atoms with van der Waals surface area (Å²) in [6, 6.07) is 0. The van der Waals surface area contributed by atoms with Crippen molar-refractivity contribution in [1.29, 1.82) is 0 Å². The molecule has 2 rings (SSSR count). The van der Waals surface area contributed by atoms with Crippen LogP contribution in [-0.4, -0.2) is 45.9 Å². The highest BCUT2D eigenvalue weighted by molar-refractivity contribution is 5.92. The first-order chi connectivity index (χ1) is 7.61. The van der Waals surface area contributed by atoms with Gasteiger partial charge >= 0.3 is 0 Å². The molecule has 0 aliphatic carbocycles. The minimum absolute atomic E-state index is 0.205. The van der Waals surface area contributed by atoms with Gasteiger partial charge in [-0.1, -0.05) is 0 Å². The third-order valence-electron chi connectivity index (χ3n) is 2.71. The van der Waals surface area contributed by atoms with Crippen molar-refractivity contribution in [3.63, 3.8) is 0 Å². The smallest absolute Gasteiger partial charge is 0.269 e. The molecule has 88 valence electrons. The molecule has 1 unspecified atom stereocenters. The van der Waals surface area contributed by atoms with Crippen molar-refractivity contribution >= 4 is 5.91 Å². The molecule has 1 aliphatic heterocycles. The van der Waals surface area contributed by atoms with E-state index in [9.17, 15) is 9.90 Å². The van der Waals surface area contributed by atoms with Gasteiger partial charge in [0, 0.05) is 26.6 Å². The Hall–Kier alpha value is -1.40. The Balaban J connectivity index is 1.91. The maximum Gasteiger partial charge on any atom is 0.269 e. The predicted molar refractivity (Wildman–Crippen MR) is 55.9 cm³/mol. The number of ether oxygens (including phenoxy) is 1. The second-order valence-electron chi connectivity index (χ2n) is 4.10. The molecule has 1 aromatic rings. The van der Waals surface area contributed by atoms with Crippen molar-refractivity contribution < 1.29 is 14.6 Å². The SMILES string of the molecule is Cn1cncc1C(=O)NCC1(O)CCOC1. The van der Waals surface area contributed by atoms with E-state index in [1.807, 2.05) is 0 Å². The normalized spacial score (nSPS) is 24.6. The van der Waals surface area contributed by atoms with E-state index < -0.39 is 5.60 Å². The zero-order chi connectivity index (χ0) is 11.6. The summed E-state index contributed by atoms with van der Waals surface area (Å²) in [6.07, 6.45) is 3.60. The molecule has 6 heteroatoms. The lowest BCUT2D eigenvalue weighted by atomic mass is 10.0. The average molecular weight is 225 g/mol. The maximum absolute atomic E-state index is 11.7. The van der Waals surface area contributed by atoms with Crippen LogP contribution >= 0.6 is 0 Å². The number of carbonyl (C=O) groups is 1. The molecule has 1 aliphatic rings. The second-order valence-corrected chi connectivity index (χ2v) is 4.10. The molecule has 6 nitrogen and oxygen atoms in total. The highest BCUT2D eigenvalue weighted by Gasteiger charge is 2.32. The lowest BCUT2D eigenvalue weighted by molar-refractivity contribution is 0.0263. The molecule has 0 radical (unpaired) electrons. The number of nitrogens with one attached hydrogen (secondary N) is 1. The van der Waals surface area contributed by atoms with E-state index in [0.717, 1.165) is 0 Å². The Bertz CT molecular complexity index is 382. The van der Waals surface area contributed by atoms with Crippen LogP contribution in [0, 0.1) is 0 Å². The van der Waals surface area contributed by atoms with Crippen molar-refractivity contribution in [3.8, 4) is 0 Å². The van der Waals surface area contributed by atoms with Crippen LogP contribution in [-0.2, 0) is 11.8 Å². The highest BCUT2D eigenvalue weighted by Crippen LogP contribution is 2.16. The quantitative estimate of drug-likeness (QED) is 0.713. The Morgan fingerprint density at radius 3 is 3.19 bits per heavy atom. The number of imidazole rings is 1. The summed E-state index contributed by atoms with van der Waals surface area (Å²) in [4.78, 5) is 15.6. The summed E-state index contributed by atoms with van der Waals surface area (Å²) in [5.74, 6) is -0.236. The van der Waals surface area contributed by atoms with Gasteiger partial charge in [0.2, 0.25) is 0 Å². The number of amides is 1. The van der Waals surface area contributed by atoms with Crippen LogP contribution in [0.5, 0.6) is 0 Å². The van der Waals surface area contributed by atoms with Crippen molar-refractivity contribution in [2.45, 2.75) is 12.0 Å². The third kappa shape index (κ3) is 2.23. The van der Waals surface area contributed by atoms with Gasteiger partial charge in [0.05, 0.1) is 19.1 Å². The number of carbonyl (C=O) groups excluding carboxylic acids is 1. The number of rotatable bonds is 3. The Morgan fingerprint density at radius 1 is 1.81 bits per heavy atom. The first-order valence-electron chi connectivity index (χ1n) is 5.15. The van der Waals surface area contributed by atoms with Gasteiger partial charge in [-0.15, -0.1) is 0 Å². The molecule has 0 aromatic carbocycles. The summed E-state index contributed by atoms with van der Waals surface area (Å²) in [5, 5.41) is 12.6. The Labute approximate surface area is 93.2 Å². The number of aryl methyl sites for hydroxylation is 1. The highest BCUT2D eigenvalue weighted by atomic mass is 16.5. The number of hydrogen-bond donors (Lipinski definition) is 2. The zero-order valence-electron chi connectivity index (χ0n) is 9.14. The van der Waals surface area contributed by atoms with Crippen molar-refractivity contribution in [2.24, 2.45) is 7.05 Å². The first-order valence-corrected chi connectivity index (χ1v) is 5.15. The summed E-state index contributed by atoms with van der Waals surface area (Å²) < 4.78 is 6.72. The number of aromatic nitrogens is 2. The molecule has 0 bridgehead atoms. The summed E-state index contributed by atoms with van der Waals surface area (Å²) in [7, 11) is 1.75. The Morgan fingerprint density at radius 2 is 2.62 bits per heavy atom. The molecule has 0 spiro atoms. The van der Waals surface area contributed by atoms with Crippen LogP contribution in [0.3, 0.4) is 0 Å². The fraction of sp³-hybridized carbons (Fsp3) is 0.600. The van der Waals surface area contributed by atoms with Crippen molar-refractivity contribution in [1.82, 2.24) is 14.9 Å². The summed E-state index contributed by atoms with van der Waals surface area (Å²) in [5.41, 5.74) is -0.448. The lowest BCUT2D eigenvalue weighted by Crippen LogP contribution is -2.43. The van der Waals surface area contributed by atoms with Gasteiger partial charge in [-0.05, 0) is 0 Å². The van der Waals surface area contributed by atoms with Gasteiger partial charge < -0.3 is 19.7 Å². The Kier molecular flexibility index (Phi) is 2.93. The van der Waals surface area contributed by atoms with E-state index in [2.05, 4.69) is 10.3 Å². The van der Waals surface area contributed by atoms with Crippen LogP contribution in [0.4, 0.5) is 0 Å². The fourth-order valence-electron chi connectivity index (χ4n) is 1.65. The van der Waals surface area contributed by atoms with Gasteiger partial charge in [0.15, 0.2) is 0 Å². The van der Waals surface area contributed by atoms with Crippen LogP contribution in [0.15, 0.2) is 12.5 Å². The van der Waals surface area contributed by atoms with E-state index in [4.69, 9.17) is 4.74 Å². The summed E-state index contributed by atoms with van der Waals surface area (Å²) in [6.45, 7) is 1.02. The van der Waals surface area contributed by atoms with Gasteiger partial charge in [0.25, 0.3) is 5.91 Å². The minimum atomic E-state index is -0.922. The molecule has 0 saturated carbocycles. The van der Waals surface area contributed by atoms with Crippen molar-refractivity contribution in [3.05, 3.63) is 18.2 Å². The molecule has 1 saturated heterocycles. The molecular weight excluding hydrogens is 210 g/mol. The standard InChI is InChI=1S/C10H15N3O3/c1-13-7-11-4-8(13)9(14)12-5-10(15)2-3-16-6-10/h4,7,15H,2-3,5-6H2,1H3,(H,12,14). The third-order valence-corrected chi connectivity index (χ3v) is 2.71. The van der Waals surface area contributed by atoms with Crippen LogP contribution in [0.25, 0.3) is 0 Å². The first kappa shape index (κ1) is 11.1. The lowest BCUT2D eigenvalue weighted by Gasteiger charge is -2.20. The molecule has 1 amide bonds.